The lowest BCUT2D eigenvalue weighted by Crippen LogP contribution is -2.30. The van der Waals surface area contributed by atoms with E-state index in [0.29, 0.717) is 11.4 Å². The van der Waals surface area contributed by atoms with Crippen molar-refractivity contribution >= 4 is 32.7 Å². The fourth-order valence-corrected chi connectivity index (χ4v) is 6.16. The summed E-state index contributed by atoms with van der Waals surface area (Å²) in [5, 5.41) is 6.80. The fraction of sp³-hybridized carbons (Fsp3) is 0.429. The van der Waals surface area contributed by atoms with Crippen molar-refractivity contribution < 1.29 is 8.42 Å². The Bertz CT molecular complexity index is 718. The van der Waals surface area contributed by atoms with Gasteiger partial charge < -0.3 is 5.32 Å². The third kappa shape index (κ3) is 3.22. The van der Waals surface area contributed by atoms with Gasteiger partial charge in [-0.1, -0.05) is 0 Å². The smallest absolute Gasteiger partial charge is 0.241 e. The van der Waals surface area contributed by atoms with Crippen molar-refractivity contribution in [3.8, 4) is 0 Å². The molecule has 0 radical (unpaired) electrons. The molecule has 0 saturated heterocycles. The van der Waals surface area contributed by atoms with Crippen LogP contribution in [0.25, 0.3) is 0 Å². The predicted octanol–water partition coefficient (Wildman–Crippen LogP) is 2.88. The van der Waals surface area contributed by atoms with E-state index in [0.717, 1.165) is 29.7 Å². The maximum absolute atomic E-state index is 12.5. The van der Waals surface area contributed by atoms with E-state index < -0.39 is 10.0 Å². The third-order valence-electron chi connectivity index (χ3n) is 3.64. The highest BCUT2D eigenvalue weighted by atomic mass is 32.2. The summed E-state index contributed by atoms with van der Waals surface area (Å²) in [7, 11) is -1.59. The Hall–Kier alpha value is -0.730. The van der Waals surface area contributed by atoms with Gasteiger partial charge in [-0.25, -0.2) is 13.1 Å². The third-order valence-corrected chi connectivity index (χ3v) is 7.17. The number of thiophene rings is 2. The van der Waals surface area contributed by atoms with Crippen LogP contribution in [0.4, 0.5) is 0 Å². The molecule has 1 unspecified atom stereocenters. The zero-order valence-corrected chi connectivity index (χ0v) is 14.2. The predicted molar refractivity (Wildman–Crippen MR) is 87.4 cm³/mol. The van der Waals surface area contributed by atoms with Gasteiger partial charge in [0.15, 0.2) is 0 Å². The van der Waals surface area contributed by atoms with E-state index in [1.54, 1.807) is 22.8 Å². The van der Waals surface area contributed by atoms with Crippen LogP contribution in [0.2, 0.25) is 0 Å². The van der Waals surface area contributed by atoms with Gasteiger partial charge in [-0.05, 0) is 49.4 Å². The lowest BCUT2D eigenvalue weighted by atomic mass is 9.95. The molecule has 0 saturated carbocycles. The van der Waals surface area contributed by atoms with E-state index in [1.807, 2.05) is 18.5 Å². The minimum absolute atomic E-state index is 0.0855. The Morgan fingerprint density at radius 2 is 2.24 bits per heavy atom. The molecule has 2 N–H and O–H groups in total. The number of nitrogens with one attached hydrogen (secondary N) is 2. The second kappa shape index (κ2) is 6.18. The van der Waals surface area contributed by atoms with Gasteiger partial charge >= 0.3 is 0 Å². The molecule has 21 heavy (non-hydrogen) atoms. The van der Waals surface area contributed by atoms with Crippen LogP contribution in [-0.4, -0.2) is 15.5 Å². The van der Waals surface area contributed by atoms with E-state index in [9.17, 15) is 8.42 Å². The van der Waals surface area contributed by atoms with E-state index in [4.69, 9.17) is 0 Å². The number of rotatable bonds is 5. The van der Waals surface area contributed by atoms with Crippen LogP contribution in [0.3, 0.4) is 0 Å². The summed E-state index contributed by atoms with van der Waals surface area (Å²) in [6.07, 6.45) is 2.97. The topological polar surface area (TPSA) is 58.2 Å². The highest BCUT2D eigenvalue weighted by molar-refractivity contribution is 7.89. The van der Waals surface area contributed by atoms with Gasteiger partial charge in [-0.2, -0.15) is 0 Å². The summed E-state index contributed by atoms with van der Waals surface area (Å²) in [5.41, 5.74) is 1.15. The van der Waals surface area contributed by atoms with Gasteiger partial charge in [0, 0.05) is 27.7 Å². The van der Waals surface area contributed by atoms with Crippen molar-refractivity contribution in [2.75, 3.05) is 7.05 Å². The first kappa shape index (κ1) is 15.2. The van der Waals surface area contributed by atoms with Crippen LogP contribution >= 0.6 is 22.7 Å². The summed E-state index contributed by atoms with van der Waals surface area (Å²) >= 11 is 3.19. The van der Waals surface area contributed by atoms with E-state index in [1.165, 1.54) is 16.2 Å². The lowest BCUT2D eigenvalue weighted by Gasteiger charge is -2.23. The highest BCUT2D eigenvalue weighted by Crippen LogP contribution is 2.34. The number of aryl methyl sites for hydroxylation is 1. The average Bonchev–Trinajstić information content (AvgIpc) is 3.08. The first-order chi connectivity index (χ1) is 10.1. The SMILES string of the molecule is CNCc1cc(S(=O)(=O)NC2CCCc3sccc32)cs1. The van der Waals surface area contributed by atoms with Gasteiger partial charge in [-0.15, -0.1) is 22.7 Å². The quantitative estimate of drug-likeness (QED) is 0.878. The number of hydrogen-bond acceptors (Lipinski definition) is 5. The Balaban J connectivity index is 1.80. The summed E-state index contributed by atoms with van der Waals surface area (Å²) in [6.45, 7) is 0.693. The molecule has 2 heterocycles. The molecular weight excluding hydrogens is 324 g/mol. The normalized spacial score (nSPS) is 18.6. The van der Waals surface area contributed by atoms with Crippen LogP contribution in [0.1, 0.15) is 34.2 Å². The van der Waals surface area contributed by atoms with Crippen molar-refractivity contribution in [3.63, 3.8) is 0 Å². The Morgan fingerprint density at radius 3 is 3.05 bits per heavy atom. The summed E-state index contributed by atoms with van der Waals surface area (Å²) in [5.74, 6) is 0. The zero-order valence-electron chi connectivity index (χ0n) is 11.8. The second-order valence-electron chi connectivity index (χ2n) is 5.14. The maximum atomic E-state index is 12.5. The molecule has 0 spiro atoms. The van der Waals surface area contributed by atoms with Crippen LogP contribution < -0.4 is 10.0 Å². The van der Waals surface area contributed by atoms with Crippen LogP contribution in [0.5, 0.6) is 0 Å². The van der Waals surface area contributed by atoms with Crippen molar-refractivity contribution in [1.82, 2.24) is 10.0 Å². The zero-order chi connectivity index (χ0) is 14.9. The molecule has 0 amide bonds. The Labute approximate surface area is 133 Å². The van der Waals surface area contributed by atoms with E-state index in [-0.39, 0.29) is 6.04 Å². The number of fused-ring (bicyclic) bond motifs is 1. The molecule has 0 bridgehead atoms. The average molecular weight is 343 g/mol. The van der Waals surface area contributed by atoms with Gasteiger partial charge in [0.1, 0.15) is 0 Å². The van der Waals surface area contributed by atoms with Gasteiger partial charge in [-0.3, -0.25) is 0 Å². The van der Waals surface area contributed by atoms with Crippen LogP contribution in [-0.2, 0) is 23.0 Å². The van der Waals surface area contributed by atoms with Crippen molar-refractivity contribution in [1.29, 1.82) is 0 Å². The molecule has 4 nitrogen and oxygen atoms in total. The van der Waals surface area contributed by atoms with Gasteiger partial charge in [0.2, 0.25) is 10.0 Å². The first-order valence-corrected chi connectivity index (χ1v) is 10.1. The molecule has 1 aliphatic rings. The minimum atomic E-state index is -3.44. The maximum Gasteiger partial charge on any atom is 0.241 e. The molecule has 0 aliphatic heterocycles. The summed E-state index contributed by atoms with van der Waals surface area (Å²) in [4.78, 5) is 2.72. The van der Waals surface area contributed by atoms with Gasteiger partial charge in [0.05, 0.1) is 4.90 Å². The molecule has 114 valence electrons. The highest BCUT2D eigenvalue weighted by Gasteiger charge is 2.27. The molecule has 0 fully saturated rings. The molecular formula is C14H18N2O2S3. The standard InChI is InChI=1S/C14H18N2O2S3/c1-15-8-10-7-11(9-20-10)21(17,18)16-13-3-2-4-14-12(13)5-6-19-14/h5-7,9,13,15-16H,2-4,8H2,1H3. The molecule has 1 aliphatic carbocycles. The Morgan fingerprint density at radius 1 is 1.38 bits per heavy atom. The van der Waals surface area contributed by atoms with Crippen molar-refractivity contribution in [2.24, 2.45) is 0 Å². The fourth-order valence-electron chi connectivity index (χ4n) is 2.63. The second-order valence-corrected chi connectivity index (χ2v) is 8.85. The molecule has 1 atom stereocenters. The van der Waals surface area contributed by atoms with E-state index >= 15 is 0 Å². The molecule has 0 aromatic carbocycles. The first-order valence-electron chi connectivity index (χ1n) is 6.91. The molecule has 2 aromatic heterocycles. The van der Waals surface area contributed by atoms with Crippen molar-refractivity contribution in [2.45, 2.75) is 36.7 Å². The number of sulfonamides is 1. The van der Waals surface area contributed by atoms with E-state index in [2.05, 4.69) is 10.0 Å². The van der Waals surface area contributed by atoms with Crippen LogP contribution in [0, 0.1) is 0 Å². The summed E-state index contributed by atoms with van der Waals surface area (Å²) in [6, 6.07) is 3.71. The monoisotopic (exact) mass is 342 g/mol. The largest absolute Gasteiger partial charge is 0.315 e. The summed E-state index contributed by atoms with van der Waals surface area (Å²) < 4.78 is 27.9. The van der Waals surface area contributed by atoms with Crippen LogP contribution in [0.15, 0.2) is 27.8 Å². The minimum Gasteiger partial charge on any atom is -0.315 e. The lowest BCUT2D eigenvalue weighted by molar-refractivity contribution is 0.511. The Kier molecular flexibility index (Phi) is 4.46. The van der Waals surface area contributed by atoms with Gasteiger partial charge in [0.25, 0.3) is 0 Å². The number of hydrogen-bond donors (Lipinski definition) is 2. The van der Waals surface area contributed by atoms with Crippen molar-refractivity contribution in [3.05, 3.63) is 38.2 Å². The molecule has 3 rings (SSSR count). The molecule has 7 heteroatoms. The molecule has 2 aromatic rings.